The maximum atomic E-state index is 12.2. The maximum absolute atomic E-state index is 12.2. The molecule has 3 rings (SSSR count). The smallest absolute Gasteiger partial charge is 0.324 e. The van der Waals surface area contributed by atoms with Crippen LogP contribution in [0.3, 0.4) is 0 Å². The van der Waals surface area contributed by atoms with Crippen LogP contribution in [0.1, 0.15) is 25.7 Å². The van der Waals surface area contributed by atoms with Crippen molar-refractivity contribution in [1.29, 1.82) is 0 Å². The molecule has 2 aromatic rings. The number of carbonyl (C=O) groups excluding carboxylic acids is 1. The Morgan fingerprint density at radius 2 is 2.14 bits per heavy atom. The average molecular weight is 349 g/mol. The molecule has 1 aromatic heterocycles. The van der Waals surface area contributed by atoms with E-state index in [1.807, 2.05) is 18.2 Å². The second-order valence-corrected chi connectivity index (χ2v) is 6.28. The molecule has 1 N–H and O–H groups in total. The zero-order valence-electron chi connectivity index (χ0n) is 11.8. The van der Waals surface area contributed by atoms with Crippen LogP contribution in [0, 0.1) is 0 Å². The van der Waals surface area contributed by atoms with E-state index >= 15 is 0 Å². The van der Waals surface area contributed by atoms with Gasteiger partial charge in [0.25, 0.3) is 0 Å². The number of carbonyl (C=O) groups is 1. The van der Waals surface area contributed by atoms with Gasteiger partial charge in [0.05, 0.1) is 5.52 Å². The van der Waals surface area contributed by atoms with Crippen molar-refractivity contribution in [1.82, 2.24) is 15.3 Å². The van der Waals surface area contributed by atoms with Crippen LogP contribution in [0.25, 0.3) is 10.9 Å². The average Bonchev–Trinajstić information content (AvgIpc) is 2.98. The highest BCUT2D eigenvalue weighted by Gasteiger charge is 2.21. The maximum Gasteiger partial charge on any atom is 0.324 e. The Kier molecular flexibility index (Phi) is 4.05. The second-order valence-electron chi connectivity index (χ2n) is 5.36. The number of amides is 2. The first-order valence-corrected chi connectivity index (χ1v) is 7.89. The van der Waals surface area contributed by atoms with Crippen molar-refractivity contribution in [3.8, 4) is 0 Å². The van der Waals surface area contributed by atoms with Gasteiger partial charge in [-0.3, -0.25) is 4.90 Å². The van der Waals surface area contributed by atoms with Crippen LogP contribution in [0.4, 0.5) is 10.7 Å². The van der Waals surface area contributed by atoms with E-state index in [4.69, 9.17) is 0 Å². The highest BCUT2D eigenvalue weighted by atomic mass is 79.9. The molecular formula is C15H17BrN4O. The number of rotatable bonds is 2. The van der Waals surface area contributed by atoms with Crippen molar-refractivity contribution in [3.63, 3.8) is 0 Å². The topological polar surface area (TPSA) is 58.1 Å². The zero-order chi connectivity index (χ0) is 14.8. The Bertz CT molecular complexity index is 670. The number of fused-ring (bicyclic) bond motifs is 1. The molecule has 0 aliphatic heterocycles. The van der Waals surface area contributed by atoms with E-state index in [1.165, 1.54) is 17.7 Å². The van der Waals surface area contributed by atoms with Crippen LogP contribution in [0.2, 0.25) is 0 Å². The zero-order valence-corrected chi connectivity index (χ0v) is 13.4. The molecule has 0 bridgehead atoms. The van der Waals surface area contributed by atoms with Crippen LogP contribution in [-0.2, 0) is 0 Å². The lowest BCUT2D eigenvalue weighted by Gasteiger charge is -2.19. The minimum atomic E-state index is -0.142. The van der Waals surface area contributed by atoms with Crippen LogP contribution in [0.15, 0.2) is 28.9 Å². The van der Waals surface area contributed by atoms with E-state index in [0.29, 0.717) is 5.95 Å². The summed E-state index contributed by atoms with van der Waals surface area (Å²) in [5.41, 5.74) is 0.815. The lowest BCUT2D eigenvalue weighted by atomic mass is 10.2. The Morgan fingerprint density at radius 3 is 2.90 bits per heavy atom. The van der Waals surface area contributed by atoms with Gasteiger partial charge in [0, 0.05) is 29.1 Å². The molecule has 0 spiro atoms. The molecule has 1 aliphatic carbocycles. The lowest BCUT2D eigenvalue weighted by Crippen LogP contribution is -2.42. The van der Waals surface area contributed by atoms with Crippen molar-refractivity contribution >= 4 is 38.8 Å². The van der Waals surface area contributed by atoms with Gasteiger partial charge in [-0.05, 0) is 25.0 Å². The molecule has 0 unspecified atom stereocenters. The summed E-state index contributed by atoms with van der Waals surface area (Å²) < 4.78 is 0.956. The third-order valence-corrected chi connectivity index (χ3v) is 4.31. The van der Waals surface area contributed by atoms with Gasteiger partial charge in [0.2, 0.25) is 5.95 Å². The molecule has 110 valence electrons. The van der Waals surface area contributed by atoms with Gasteiger partial charge < -0.3 is 5.32 Å². The number of halogens is 1. The molecule has 6 heteroatoms. The van der Waals surface area contributed by atoms with Crippen molar-refractivity contribution in [2.45, 2.75) is 31.7 Å². The first kappa shape index (κ1) is 14.3. The number of aromatic nitrogens is 2. The SMILES string of the molecule is CN(C(=O)NC1CCCC1)c1ncc2ccc(Br)cc2n1. The predicted octanol–water partition coefficient (Wildman–Crippen LogP) is 3.48. The first-order valence-electron chi connectivity index (χ1n) is 7.10. The van der Waals surface area contributed by atoms with Crippen LogP contribution < -0.4 is 10.2 Å². The number of anilines is 1. The van der Waals surface area contributed by atoms with Crippen LogP contribution in [-0.4, -0.2) is 29.1 Å². The van der Waals surface area contributed by atoms with E-state index in [2.05, 4.69) is 31.2 Å². The number of urea groups is 1. The second kappa shape index (κ2) is 5.97. The molecule has 1 aromatic carbocycles. The Hall–Kier alpha value is -1.69. The van der Waals surface area contributed by atoms with Gasteiger partial charge in [-0.15, -0.1) is 0 Å². The van der Waals surface area contributed by atoms with Crippen molar-refractivity contribution in [2.75, 3.05) is 11.9 Å². The number of benzene rings is 1. The summed E-state index contributed by atoms with van der Waals surface area (Å²) in [6.07, 6.45) is 6.24. The van der Waals surface area contributed by atoms with Gasteiger partial charge in [-0.1, -0.05) is 34.8 Å². The standard InChI is InChI=1S/C15H17BrN4O/c1-20(15(21)18-12-4-2-3-5-12)14-17-9-10-6-7-11(16)8-13(10)19-14/h6-9,12H,2-5H2,1H3,(H,18,21). The molecular weight excluding hydrogens is 332 g/mol. The van der Waals surface area contributed by atoms with E-state index in [9.17, 15) is 4.79 Å². The fourth-order valence-electron chi connectivity index (χ4n) is 2.58. The summed E-state index contributed by atoms with van der Waals surface area (Å²) in [6.45, 7) is 0. The fraction of sp³-hybridized carbons (Fsp3) is 0.400. The summed E-state index contributed by atoms with van der Waals surface area (Å²) >= 11 is 3.43. The minimum Gasteiger partial charge on any atom is -0.335 e. The third-order valence-electron chi connectivity index (χ3n) is 3.82. The van der Waals surface area contributed by atoms with Crippen molar-refractivity contribution < 1.29 is 4.79 Å². The minimum absolute atomic E-state index is 0.142. The van der Waals surface area contributed by atoms with E-state index < -0.39 is 0 Å². The number of hydrogen-bond donors (Lipinski definition) is 1. The van der Waals surface area contributed by atoms with Gasteiger partial charge >= 0.3 is 6.03 Å². The number of nitrogens with zero attached hydrogens (tertiary/aromatic N) is 3. The van der Waals surface area contributed by atoms with Gasteiger partial charge in [0.15, 0.2) is 0 Å². The highest BCUT2D eigenvalue weighted by Crippen LogP contribution is 2.20. The first-order chi connectivity index (χ1) is 10.1. The lowest BCUT2D eigenvalue weighted by molar-refractivity contribution is 0.243. The third kappa shape index (κ3) is 3.15. The molecule has 0 radical (unpaired) electrons. The molecule has 1 saturated carbocycles. The predicted molar refractivity (Wildman–Crippen MR) is 86.4 cm³/mol. The summed E-state index contributed by atoms with van der Waals surface area (Å²) in [6, 6.07) is 5.96. The summed E-state index contributed by atoms with van der Waals surface area (Å²) in [5.74, 6) is 0.413. The quantitative estimate of drug-likeness (QED) is 0.903. The number of nitrogens with one attached hydrogen (secondary N) is 1. The molecule has 1 heterocycles. The van der Waals surface area contributed by atoms with Crippen molar-refractivity contribution in [2.24, 2.45) is 0 Å². The van der Waals surface area contributed by atoms with Crippen LogP contribution >= 0.6 is 15.9 Å². The normalized spacial score (nSPS) is 15.3. The van der Waals surface area contributed by atoms with Crippen molar-refractivity contribution in [3.05, 3.63) is 28.9 Å². The molecule has 0 atom stereocenters. The molecule has 21 heavy (non-hydrogen) atoms. The Labute approximate surface area is 131 Å². The van der Waals surface area contributed by atoms with E-state index in [1.54, 1.807) is 13.2 Å². The monoisotopic (exact) mass is 348 g/mol. The largest absolute Gasteiger partial charge is 0.335 e. The molecule has 0 saturated heterocycles. The Morgan fingerprint density at radius 1 is 1.38 bits per heavy atom. The van der Waals surface area contributed by atoms with Gasteiger partial charge in [-0.25, -0.2) is 14.8 Å². The molecule has 2 amide bonds. The Balaban J connectivity index is 1.79. The van der Waals surface area contributed by atoms with Crippen LogP contribution in [0.5, 0.6) is 0 Å². The summed E-state index contributed by atoms with van der Waals surface area (Å²) in [5, 5.41) is 3.98. The van der Waals surface area contributed by atoms with Gasteiger partial charge in [-0.2, -0.15) is 0 Å². The number of hydrogen-bond acceptors (Lipinski definition) is 3. The summed E-state index contributed by atoms with van der Waals surface area (Å²) in [4.78, 5) is 22.4. The fourth-order valence-corrected chi connectivity index (χ4v) is 2.93. The highest BCUT2D eigenvalue weighted by molar-refractivity contribution is 9.10. The molecule has 1 fully saturated rings. The molecule has 1 aliphatic rings. The van der Waals surface area contributed by atoms with Gasteiger partial charge in [0.1, 0.15) is 0 Å². The molecule has 5 nitrogen and oxygen atoms in total. The van der Waals surface area contributed by atoms with E-state index in [-0.39, 0.29) is 12.1 Å². The summed E-state index contributed by atoms with van der Waals surface area (Å²) in [7, 11) is 1.70. The van der Waals surface area contributed by atoms with E-state index in [0.717, 1.165) is 28.2 Å².